The molecule has 1 saturated heterocycles. The van der Waals surface area contributed by atoms with Crippen LogP contribution in [0.2, 0.25) is 5.02 Å². The van der Waals surface area contributed by atoms with Gasteiger partial charge in [-0.1, -0.05) is 17.7 Å². The van der Waals surface area contributed by atoms with Crippen molar-refractivity contribution in [3.05, 3.63) is 34.6 Å². The maximum absolute atomic E-state index is 14.1. The average molecular weight is 394 g/mol. The minimum atomic E-state index is -0.920. The average Bonchev–Trinajstić information content (AvgIpc) is 3.50. The van der Waals surface area contributed by atoms with Crippen LogP contribution in [0.4, 0.5) is 9.18 Å². The van der Waals surface area contributed by atoms with Crippen LogP contribution in [0, 0.1) is 11.7 Å². The van der Waals surface area contributed by atoms with Crippen molar-refractivity contribution in [2.24, 2.45) is 5.92 Å². The fourth-order valence-electron chi connectivity index (χ4n) is 3.68. The molecule has 1 heterocycles. The third-order valence-corrected chi connectivity index (χ3v) is 6.04. The van der Waals surface area contributed by atoms with E-state index in [4.69, 9.17) is 11.6 Å². The second kappa shape index (κ2) is 6.48. The Morgan fingerprint density at radius 2 is 2.04 bits per heavy atom. The van der Waals surface area contributed by atoms with Crippen molar-refractivity contribution < 1.29 is 18.8 Å². The Labute approximate surface area is 161 Å². The number of halogens is 2. The summed E-state index contributed by atoms with van der Waals surface area (Å²) in [7, 11) is 0. The number of benzene rings is 1. The lowest BCUT2D eigenvalue weighted by molar-refractivity contribution is -0.139. The molecule has 1 unspecified atom stereocenters. The van der Waals surface area contributed by atoms with Crippen molar-refractivity contribution in [2.75, 3.05) is 6.54 Å². The van der Waals surface area contributed by atoms with Gasteiger partial charge in [0.25, 0.3) is 5.91 Å². The standard InChI is InChI=1S/C19H21ClFN3O3/c1-19(11-5-6-11)17(26)24(18(27)22-19)10-16(25)23(12-7-8-12)9-13-14(20)3-2-4-15(13)21/h2-4,11-12H,5-10H2,1H3,(H,22,27). The van der Waals surface area contributed by atoms with E-state index in [0.29, 0.717) is 0 Å². The summed E-state index contributed by atoms with van der Waals surface area (Å²) in [4.78, 5) is 40.4. The van der Waals surface area contributed by atoms with Crippen molar-refractivity contribution >= 4 is 29.4 Å². The molecule has 1 N–H and O–H groups in total. The number of amides is 4. The first kappa shape index (κ1) is 18.2. The Hall–Kier alpha value is -2.15. The summed E-state index contributed by atoms with van der Waals surface area (Å²) in [5.41, 5.74) is -0.671. The fourth-order valence-corrected chi connectivity index (χ4v) is 3.91. The van der Waals surface area contributed by atoms with Gasteiger partial charge >= 0.3 is 6.03 Å². The van der Waals surface area contributed by atoms with Crippen LogP contribution in [0.25, 0.3) is 0 Å². The van der Waals surface area contributed by atoms with Gasteiger partial charge in [0.2, 0.25) is 5.91 Å². The van der Waals surface area contributed by atoms with E-state index >= 15 is 0 Å². The second-order valence-corrected chi connectivity index (χ2v) is 8.16. The molecule has 0 radical (unpaired) electrons. The zero-order chi connectivity index (χ0) is 19.3. The largest absolute Gasteiger partial charge is 0.334 e. The fraction of sp³-hybridized carbons (Fsp3) is 0.526. The zero-order valence-electron chi connectivity index (χ0n) is 15.0. The molecule has 1 aromatic carbocycles. The molecule has 2 aliphatic carbocycles. The van der Waals surface area contributed by atoms with Gasteiger partial charge in [0, 0.05) is 16.6 Å². The number of carbonyl (C=O) groups excluding carboxylic acids is 3. The first-order valence-electron chi connectivity index (χ1n) is 9.17. The smallest absolute Gasteiger partial charge is 0.325 e. The van der Waals surface area contributed by atoms with Gasteiger partial charge < -0.3 is 10.2 Å². The first-order valence-corrected chi connectivity index (χ1v) is 9.55. The molecule has 3 fully saturated rings. The van der Waals surface area contributed by atoms with Crippen molar-refractivity contribution in [1.29, 1.82) is 0 Å². The molecule has 1 aromatic rings. The van der Waals surface area contributed by atoms with E-state index in [2.05, 4.69) is 5.32 Å². The summed E-state index contributed by atoms with van der Waals surface area (Å²) < 4.78 is 14.1. The van der Waals surface area contributed by atoms with Gasteiger partial charge in [0.1, 0.15) is 17.9 Å². The minimum absolute atomic E-state index is 0.0104. The highest BCUT2D eigenvalue weighted by molar-refractivity contribution is 6.31. The molecule has 4 amide bonds. The molecule has 1 atom stereocenters. The van der Waals surface area contributed by atoms with Crippen molar-refractivity contribution in [1.82, 2.24) is 15.1 Å². The van der Waals surface area contributed by atoms with Crippen LogP contribution in [-0.4, -0.2) is 45.8 Å². The lowest BCUT2D eigenvalue weighted by Gasteiger charge is -2.26. The summed E-state index contributed by atoms with van der Waals surface area (Å²) in [6.07, 6.45) is 3.42. The Bertz CT molecular complexity index is 804. The maximum atomic E-state index is 14.1. The molecule has 0 bridgehead atoms. The van der Waals surface area contributed by atoms with Gasteiger partial charge in [-0.3, -0.25) is 14.5 Å². The molecular weight excluding hydrogens is 373 g/mol. The topological polar surface area (TPSA) is 69.7 Å². The van der Waals surface area contributed by atoms with E-state index in [1.54, 1.807) is 13.0 Å². The summed E-state index contributed by atoms with van der Waals surface area (Å²) in [5, 5.41) is 2.99. The van der Waals surface area contributed by atoms with E-state index in [0.717, 1.165) is 30.6 Å². The minimum Gasteiger partial charge on any atom is -0.334 e. The maximum Gasteiger partial charge on any atom is 0.325 e. The molecular formula is C19H21ClFN3O3. The molecule has 4 rings (SSSR count). The lowest BCUT2D eigenvalue weighted by Crippen LogP contribution is -2.47. The predicted molar refractivity (Wildman–Crippen MR) is 96.4 cm³/mol. The van der Waals surface area contributed by atoms with Crippen LogP contribution >= 0.6 is 11.6 Å². The summed E-state index contributed by atoms with van der Waals surface area (Å²) >= 11 is 6.09. The van der Waals surface area contributed by atoms with Crippen molar-refractivity contribution in [2.45, 2.75) is 50.7 Å². The van der Waals surface area contributed by atoms with Crippen LogP contribution in [0.5, 0.6) is 0 Å². The molecule has 0 aromatic heterocycles. The van der Waals surface area contributed by atoms with E-state index < -0.39 is 17.4 Å². The quantitative estimate of drug-likeness (QED) is 0.755. The van der Waals surface area contributed by atoms with Gasteiger partial charge in [0.05, 0.1) is 6.54 Å². The number of nitrogens with one attached hydrogen (secondary N) is 1. The SMILES string of the molecule is CC1(C2CC2)NC(=O)N(CC(=O)N(Cc2c(F)cccc2Cl)C2CC2)C1=O. The van der Waals surface area contributed by atoms with Crippen molar-refractivity contribution in [3.8, 4) is 0 Å². The number of carbonyl (C=O) groups is 3. The second-order valence-electron chi connectivity index (χ2n) is 7.75. The van der Waals surface area contributed by atoms with E-state index in [1.165, 1.54) is 17.0 Å². The lowest BCUT2D eigenvalue weighted by atomic mass is 9.96. The van der Waals surface area contributed by atoms with Crippen LogP contribution in [0.3, 0.4) is 0 Å². The molecule has 3 aliphatic rings. The van der Waals surface area contributed by atoms with E-state index in [9.17, 15) is 18.8 Å². The highest BCUT2D eigenvalue weighted by atomic mass is 35.5. The Balaban J connectivity index is 1.50. The third-order valence-electron chi connectivity index (χ3n) is 5.69. The van der Waals surface area contributed by atoms with Gasteiger partial charge in [-0.15, -0.1) is 0 Å². The number of urea groups is 1. The first-order chi connectivity index (χ1) is 12.8. The van der Waals surface area contributed by atoms with Crippen LogP contribution < -0.4 is 5.32 Å². The molecule has 27 heavy (non-hydrogen) atoms. The van der Waals surface area contributed by atoms with Crippen molar-refractivity contribution in [3.63, 3.8) is 0 Å². The number of nitrogens with zero attached hydrogens (tertiary/aromatic N) is 2. The Morgan fingerprint density at radius 1 is 1.33 bits per heavy atom. The molecule has 0 spiro atoms. The van der Waals surface area contributed by atoms with Gasteiger partial charge in [-0.05, 0) is 50.7 Å². The molecule has 1 aliphatic heterocycles. The summed E-state index contributed by atoms with van der Waals surface area (Å²) in [6, 6.07) is 3.84. The van der Waals surface area contributed by atoms with E-state index in [1.807, 2.05) is 0 Å². The summed E-state index contributed by atoms with van der Waals surface area (Å²) in [5.74, 6) is -1.08. The van der Waals surface area contributed by atoms with Gasteiger partial charge in [0.15, 0.2) is 0 Å². The van der Waals surface area contributed by atoms with Crippen LogP contribution in [-0.2, 0) is 16.1 Å². The number of rotatable bonds is 6. The number of hydrogen-bond acceptors (Lipinski definition) is 3. The highest BCUT2D eigenvalue weighted by Crippen LogP contribution is 2.42. The summed E-state index contributed by atoms with van der Waals surface area (Å²) in [6.45, 7) is 1.40. The molecule has 8 heteroatoms. The normalized spacial score (nSPS) is 24.9. The third kappa shape index (κ3) is 3.29. The van der Waals surface area contributed by atoms with Crippen LogP contribution in [0.1, 0.15) is 38.2 Å². The Morgan fingerprint density at radius 3 is 2.63 bits per heavy atom. The number of hydrogen-bond donors (Lipinski definition) is 1. The van der Waals surface area contributed by atoms with Gasteiger partial charge in [-0.2, -0.15) is 0 Å². The molecule has 2 saturated carbocycles. The highest BCUT2D eigenvalue weighted by Gasteiger charge is 2.56. The molecule has 144 valence electrons. The number of imide groups is 1. The Kier molecular flexibility index (Phi) is 4.37. The molecule has 6 nitrogen and oxygen atoms in total. The van der Waals surface area contributed by atoms with Gasteiger partial charge in [-0.25, -0.2) is 9.18 Å². The zero-order valence-corrected chi connectivity index (χ0v) is 15.8. The van der Waals surface area contributed by atoms with Crippen LogP contribution in [0.15, 0.2) is 18.2 Å². The predicted octanol–water partition coefficient (Wildman–Crippen LogP) is 2.69. The van der Waals surface area contributed by atoms with E-state index in [-0.39, 0.29) is 47.4 Å². The monoisotopic (exact) mass is 393 g/mol.